The molecule has 5 heteroatoms. The van der Waals surface area contributed by atoms with E-state index in [0.29, 0.717) is 21.6 Å². The van der Waals surface area contributed by atoms with E-state index in [1.54, 1.807) is 19.1 Å². The Balaban J connectivity index is 2.18. The maximum atomic E-state index is 13.3. The second kappa shape index (κ2) is 5.17. The van der Waals surface area contributed by atoms with Crippen molar-refractivity contribution in [2.75, 3.05) is 0 Å². The summed E-state index contributed by atoms with van der Waals surface area (Å²) in [6.45, 7) is 1.71. The lowest BCUT2D eigenvalue weighted by atomic mass is 10.0. The summed E-state index contributed by atoms with van der Waals surface area (Å²) in [4.78, 5) is 12.6. The fourth-order valence-corrected chi connectivity index (χ4v) is 2.58. The molecular formula is C16H9Cl2FO2. The molecule has 2 nitrogen and oxygen atoms in total. The number of hydrogen-bond donors (Lipinski definition) is 0. The summed E-state index contributed by atoms with van der Waals surface area (Å²) in [5.41, 5.74) is 1.28. The van der Waals surface area contributed by atoms with Crippen LogP contribution < -0.4 is 0 Å². The highest BCUT2D eigenvalue weighted by Gasteiger charge is 2.21. The number of fused-ring (bicyclic) bond motifs is 1. The number of halogens is 3. The number of ketones is 1. The number of hydrogen-bond acceptors (Lipinski definition) is 2. The van der Waals surface area contributed by atoms with E-state index in [1.807, 2.05) is 0 Å². The highest BCUT2D eigenvalue weighted by atomic mass is 35.5. The summed E-state index contributed by atoms with van der Waals surface area (Å²) < 4.78 is 18.8. The molecule has 0 amide bonds. The average Bonchev–Trinajstić information content (AvgIpc) is 2.78. The minimum Gasteiger partial charge on any atom is -0.452 e. The first-order valence-corrected chi connectivity index (χ1v) is 6.91. The third-order valence-corrected chi connectivity index (χ3v) is 3.84. The van der Waals surface area contributed by atoms with Crippen LogP contribution in [0.15, 0.2) is 40.8 Å². The lowest BCUT2D eigenvalue weighted by molar-refractivity contribution is 0.101. The van der Waals surface area contributed by atoms with E-state index in [-0.39, 0.29) is 27.9 Å². The molecule has 21 heavy (non-hydrogen) atoms. The van der Waals surface area contributed by atoms with Crippen LogP contribution in [0, 0.1) is 12.7 Å². The van der Waals surface area contributed by atoms with Gasteiger partial charge in [-0.1, -0.05) is 23.2 Å². The zero-order valence-corrected chi connectivity index (χ0v) is 12.4. The van der Waals surface area contributed by atoms with Gasteiger partial charge in [-0.25, -0.2) is 4.39 Å². The summed E-state index contributed by atoms with van der Waals surface area (Å²) in [6.07, 6.45) is 0. The predicted octanol–water partition coefficient (Wildman–Crippen LogP) is 5.42. The molecule has 0 unspecified atom stereocenters. The van der Waals surface area contributed by atoms with E-state index in [9.17, 15) is 9.18 Å². The van der Waals surface area contributed by atoms with E-state index in [1.165, 1.54) is 24.3 Å². The fraction of sp³-hybridized carbons (Fsp3) is 0.0625. The fourth-order valence-electron chi connectivity index (χ4n) is 2.20. The minimum absolute atomic E-state index is 0.139. The van der Waals surface area contributed by atoms with E-state index >= 15 is 0 Å². The summed E-state index contributed by atoms with van der Waals surface area (Å²) in [6, 6.07) is 8.75. The highest BCUT2D eigenvalue weighted by Crippen LogP contribution is 2.30. The molecular weight excluding hydrogens is 314 g/mol. The van der Waals surface area contributed by atoms with Crippen molar-refractivity contribution in [3.63, 3.8) is 0 Å². The van der Waals surface area contributed by atoms with Crippen LogP contribution in [0.4, 0.5) is 4.39 Å². The Morgan fingerprint density at radius 1 is 1.14 bits per heavy atom. The Hall–Kier alpha value is -1.84. The van der Waals surface area contributed by atoms with Gasteiger partial charge in [0.2, 0.25) is 5.78 Å². The lowest BCUT2D eigenvalue weighted by Crippen LogP contribution is -2.02. The Bertz CT molecular complexity index is 868. The van der Waals surface area contributed by atoms with E-state index < -0.39 is 0 Å². The van der Waals surface area contributed by atoms with Crippen molar-refractivity contribution in [2.24, 2.45) is 0 Å². The second-order valence-corrected chi connectivity index (χ2v) is 5.49. The van der Waals surface area contributed by atoms with Gasteiger partial charge >= 0.3 is 0 Å². The van der Waals surface area contributed by atoms with Crippen molar-refractivity contribution in [1.29, 1.82) is 0 Å². The molecule has 0 fully saturated rings. The number of rotatable bonds is 2. The van der Waals surface area contributed by atoms with Crippen LogP contribution in [-0.2, 0) is 0 Å². The number of aryl methyl sites for hydroxylation is 1. The first-order valence-electron chi connectivity index (χ1n) is 6.16. The zero-order valence-electron chi connectivity index (χ0n) is 10.9. The molecule has 0 aliphatic heterocycles. The summed E-state index contributed by atoms with van der Waals surface area (Å²) in [5.74, 6) is -0.623. The molecule has 0 radical (unpaired) electrons. The SMILES string of the molecule is Cc1c(C(=O)c2cc(Cl)ccc2Cl)oc2ccc(F)cc12. The molecule has 3 rings (SSSR count). The topological polar surface area (TPSA) is 30.2 Å². The van der Waals surface area contributed by atoms with Crippen molar-refractivity contribution in [3.05, 3.63) is 69.1 Å². The molecule has 0 aliphatic rings. The highest BCUT2D eigenvalue weighted by molar-refractivity contribution is 6.36. The molecule has 0 aliphatic carbocycles. The van der Waals surface area contributed by atoms with Crippen LogP contribution in [0.25, 0.3) is 11.0 Å². The first kappa shape index (κ1) is 14.1. The largest absolute Gasteiger partial charge is 0.452 e. The molecule has 1 aromatic heterocycles. The maximum absolute atomic E-state index is 13.3. The molecule has 3 aromatic rings. The first-order chi connectivity index (χ1) is 9.97. The normalized spacial score (nSPS) is 11.0. The smallest absolute Gasteiger partial charge is 0.230 e. The van der Waals surface area contributed by atoms with E-state index in [2.05, 4.69) is 0 Å². The van der Waals surface area contributed by atoms with Gasteiger partial charge in [-0.05, 0) is 43.3 Å². The standard InChI is InChI=1S/C16H9Cl2FO2/c1-8-11-7-10(19)3-5-14(11)21-16(8)15(20)12-6-9(17)2-4-13(12)18/h2-7H,1H3. The molecule has 0 atom stereocenters. The molecule has 0 bridgehead atoms. The van der Waals surface area contributed by atoms with Gasteiger partial charge in [0.15, 0.2) is 5.76 Å². The lowest BCUT2D eigenvalue weighted by Gasteiger charge is -2.02. The number of benzene rings is 2. The van der Waals surface area contributed by atoms with Gasteiger partial charge in [-0.3, -0.25) is 4.79 Å². The average molecular weight is 323 g/mol. The summed E-state index contributed by atoms with van der Waals surface area (Å²) in [7, 11) is 0. The minimum atomic E-state index is -0.383. The number of carbonyl (C=O) groups excluding carboxylic acids is 1. The molecule has 0 saturated heterocycles. The van der Waals surface area contributed by atoms with Crippen molar-refractivity contribution in [3.8, 4) is 0 Å². The van der Waals surface area contributed by atoms with Crippen molar-refractivity contribution in [2.45, 2.75) is 6.92 Å². The third kappa shape index (κ3) is 2.43. The predicted molar refractivity (Wildman–Crippen MR) is 80.8 cm³/mol. The summed E-state index contributed by atoms with van der Waals surface area (Å²) in [5, 5.41) is 1.26. The van der Waals surface area contributed by atoms with Gasteiger partial charge in [0.25, 0.3) is 0 Å². The van der Waals surface area contributed by atoms with E-state index in [0.717, 1.165) is 0 Å². The van der Waals surface area contributed by atoms with Crippen LogP contribution in [0.2, 0.25) is 10.0 Å². The van der Waals surface area contributed by atoms with Gasteiger partial charge in [-0.15, -0.1) is 0 Å². The van der Waals surface area contributed by atoms with Crippen LogP contribution in [0.1, 0.15) is 21.7 Å². The second-order valence-electron chi connectivity index (χ2n) is 4.65. The molecule has 2 aromatic carbocycles. The van der Waals surface area contributed by atoms with Crippen LogP contribution >= 0.6 is 23.2 Å². The van der Waals surface area contributed by atoms with Crippen LogP contribution in [-0.4, -0.2) is 5.78 Å². The monoisotopic (exact) mass is 322 g/mol. The van der Waals surface area contributed by atoms with Gasteiger partial charge in [0.05, 0.1) is 5.02 Å². The van der Waals surface area contributed by atoms with Gasteiger partial charge in [0.1, 0.15) is 11.4 Å². The molecule has 0 N–H and O–H groups in total. The van der Waals surface area contributed by atoms with Gasteiger partial charge in [0, 0.05) is 21.5 Å². The number of carbonyl (C=O) groups is 1. The third-order valence-electron chi connectivity index (χ3n) is 3.28. The number of furan rings is 1. The molecule has 1 heterocycles. The van der Waals surface area contributed by atoms with Gasteiger partial charge < -0.3 is 4.42 Å². The Labute approximate surface area is 130 Å². The van der Waals surface area contributed by atoms with Crippen molar-refractivity contribution < 1.29 is 13.6 Å². The van der Waals surface area contributed by atoms with E-state index in [4.69, 9.17) is 27.6 Å². The Morgan fingerprint density at radius 2 is 1.90 bits per heavy atom. The van der Waals surface area contributed by atoms with Crippen molar-refractivity contribution >= 4 is 40.0 Å². The maximum Gasteiger partial charge on any atom is 0.230 e. The van der Waals surface area contributed by atoms with Crippen LogP contribution in [0.5, 0.6) is 0 Å². The van der Waals surface area contributed by atoms with Gasteiger partial charge in [-0.2, -0.15) is 0 Å². The molecule has 106 valence electrons. The molecule has 0 saturated carbocycles. The zero-order chi connectivity index (χ0) is 15.1. The Kier molecular flexibility index (Phi) is 3.47. The van der Waals surface area contributed by atoms with Crippen molar-refractivity contribution in [1.82, 2.24) is 0 Å². The Morgan fingerprint density at radius 3 is 2.67 bits per heavy atom. The quantitative estimate of drug-likeness (QED) is 0.590. The molecule has 0 spiro atoms. The van der Waals surface area contributed by atoms with Crippen LogP contribution in [0.3, 0.4) is 0 Å². The summed E-state index contributed by atoms with van der Waals surface area (Å²) >= 11 is 11.9.